The van der Waals surface area contributed by atoms with Crippen LogP contribution in [0.1, 0.15) is 29.5 Å². The topological polar surface area (TPSA) is 37.3 Å². The lowest BCUT2D eigenvalue weighted by Crippen LogP contribution is -2.07. The van der Waals surface area contributed by atoms with Gasteiger partial charge in [-0.25, -0.2) is 0 Å². The van der Waals surface area contributed by atoms with Gasteiger partial charge in [0.15, 0.2) is 0 Å². The number of carboxylic acids is 1. The SMILES string of the molecule is Cc1ccc([C@H](C)C(=O)O)cc1C. The highest BCUT2D eigenvalue weighted by Crippen LogP contribution is 2.18. The Morgan fingerprint density at radius 2 is 1.92 bits per heavy atom. The minimum absolute atomic E-state index is 0.417. The molecule has 0 aromatic heterocycles. The first-order valence-corrected chi connectivity index (χ1v) is 4.32. The third-order valence-corrected chi connectivity index (χ3v) is 2.40. The van der Waals surface area contributed by atoms with Gasteiger partial charge < -0.3 is 5.11 Å². The summed E-state index contributed by atoms with van der Waals surface area (Å²) in [7, 11) is 0. The summed E-state index contributed by atoms with van der Waals surface area (Å²) in [5.74, 6) is -1.19. The number of carboxylic acid groups (broad SMARTS) is 1. The molecule has 13 heavy (non-hydrogen) atoms. The second kappa shape index (κ2) is 3.60. The van der Waals surface area contributed by atoms with Crippen LogP contribution in [0, 0.1) is 13.8 Å². The molecular formula is C11H14O2. The molecule has 0 bridgehead atoms. The molecule has 2 heteroatoms. The maximum Gasteiger partial charge on any atom is 0.310 e. The normalized spacial score (nSPS) is 12.5. The summed E-state index contributed by atoms with van der Waals surface area (Å²) in [6.45, 7) is 5.71. The molecule has 0 saturated heterocycles. The predicted molar refractivity (Wildman–Crippen MR) is 52.0 cm³/mol. The number of rotatable bonds is 2. The molecule has 0 heterocycles. The van der Waals surface area contributed by atoms with Gasteiger partial charge in [-0.05, 0) is 37.5 Å². The van der Waals surface area contributed by atoms with Crippen molar-refractivity contribution in [3.63, 3.8) is 0 Å². The first-order chi connectivity index (χ1) is 6.02. The summed E-state index contributed by atoms with van der Waals surface area (Å²) in [5.41, 5.74) is 3.21. The molecule has 1 atom stereocenters. The maximum atomic E-state index is 10.7. The number of hydrogen-bond acceptors (Lipinski definition) is 1. The molecule has 0 fully saturated rings. The number of hydrogen-bond donors (Lipinski definition) is 1. The summed E-state index contributed by atoms with van der Waals surface area (Å²) in [6.07, 6.45) is 0. The van der Waals surface area contributed by atoms with E-state index < -0.39 is 11.9 Å². The molecule has 0 aliphatic rings. The quantitative estimate of drug-likeness (QED) is 0.755. The highest BCUT2D eigenvalue weighted by molar-refractivity contribution is 5.75. The van der Waals surface area contributed by atoms with E-state index in [-0.39, 0.29) is 0 Å². The van der Waals surface area contributed by atoms with Gasteiger partial charge in [0.2, 0.25) is 0 Å². The Bertz CT molecular complexity index is 329. The van der Waals surface area contributed by atoms with Crippen LogP contribution in [0.25, 0.3) is 0 Å². The van der Waals surface area contributed by atoms with Crippen LogP contribution in [0.4, 0.5) is 0 Å². The molecule has 2 nitrogen and oxygen atoms in total. The van der Waals surface area contributed by atoms with Gasteiger partial charge in [-0.2, -0.15) is 0 Å². The standard InChI is InChI=1S/C11H14O2/c1-7-4-5-10(6-8(7)2)9(3)11(12)13/h4-6,9H,1-3H3,(H,12,13)/t9-/m0/s1. The Morgan fingerprint density at radius 3 is 2.38 bits per heavy atom. The maximum absolute atomic E-state index is 10.7. The van der Waals surface area contributed by atoms with Crippen molar-refractivity contribution in [1.82, 2.24) is 0 Å². The Morgan fingerprint density at radius 1 is 1.31 bits per heavy atom. The van der Waals surface area contributed by atoms with Gasteiger partial charge in [0.05, 0.1) is 5.92 Å². The number of benzene rings is 1. The van der Waals surface area contributed by atoms with Gasteiger partial charge in [0, 0.05) is 0 Å². The Labute approximate surface area is 78.2 Å². The van der Waals surface area contributed by atoms with E-state index in [1.807, 2.05) is 32.0 Å². The first-order valence-electron chi connectivity index (χ1n) is 4.32. The number of aryl methyl sites for hydroxylation is 2. The smallest absolute Gasteiger partial charge is 0.310 e. The van der Waals surface area contributed by atoms with Crippen LogP contribution in [0.5, 0.6) is 0 Å². The van der Waals surface area contributed by atoms with Crippen LogP contribution in [0.3, 0.4) is 0 Å². The Hall–Kier alpha value is -1.31. The van der Waals surface area contributed by atoms with Crippen LogP contribution in [0.15, 0.2) is 18.2 Å². The lowest BCUT2D eigenvalue weighted by atomic mass is 9.97. The minimum atomic E-state index is -0.775. The van der Waals surface area contributed by atoms with E-state index in [4.69, 9.17) is 5.11 Å². The lowest BCUT2D eigenvalue weighted by Gasteiger charge is -2.08. The van der Waals surface area contributed by atoms with Gasteiger partial charge in [0.1, 0.15) is 0 Å². The number of carbonyl (C=O) groups is 1. The largest absolute Gasteiger partial charge is 0.481 e. The van der Waals surface area contributed by atoms with E-state index in [9.17, 15) is 4.79 Å². The zero-order valence-electron chi connectivity index (χ0n) is 8.16. The van der Waals surface area contributed by atoms with E-state index >= 15 is 0 Å². The van der Waals surface area contributed by atoms with E-state index in [2.05, 4.69) is 0 Å². The van der Waals surface area contributed by atoms with Crippen molar-refractivity contribution in [2.75, 3.05) is 0 Å². The average Bonchev–Trinajstić information content (AvgIpc) is 2.08. The minimum Gasteiger partial charge on any atom is -0.481 e. The Balaban J connectivity index is 3.03. The van der Waals surface area contributed by atoms with E-state index in [1.165, 1.54) is 5.56 Å². The van der Waals surface area contributed by atoms with Crippen LogP contribution in [0.2, 0.25) is 0 Å². The molecule has 1 aromatic rings. The second-order valence-corrected chi connectivity index (χ2v) is 3.40. The third-order valence-electron chi connectivity index (χ3n) is 2.40. The molecule has 0 unspecified atom stereocenters. The molecule has 0 aliphatic carbocycles. The monoisotopic (exact) mass is 178 g/mol. The molecule has 0 radical (unpaired) electrons. The first kappa shape index (κ1) is 9.78. The third kappa shape index (κ3) is 2.08. The summed E-state index contributed by atoms with van der Waals surface area (Å²) in [6, 6.07) is 5.78. The van der Waals surface area contributed by atoms with E-state index in [1.54, 1.807) is 6.92 Å². The van der Waals surface area contributed by atoms with Gasteiger partial charge >= 0.3 is 5.97 Å². The lowest BCUT2D eigenvalue weighted by molar-refractivity contribution is -0.138. The summed E-state index contributed by atoms with van der Waals surface area (Å²) in [5, 5.41) is 8.80. The summed E-state index contributed by atoms with van der Waals surface area (Å²) >= 11 is 0. The average molecular weight is 178 g/mol. The van der Waals surface area contributed by atoms with Gasteiger partial charge in [-0.1, -0.05) is 18.2 Å². The fourth-order valence-corrected chi connectivity index (χ4v) is 1.18. The molecule has 1 rings (SSSR count). The zero-order valence-corrected chi connectivity index (χ0v) is 8.16. The van der Waals surface area contributed by atoms with Crippen LogP contribution in [-0.2, 0) is 4.79 Å². The van der Waals surface area contributed by atoms with E-state index in [0.717, 1.165) is 11.1 Å². The van der Waals surface area contributed by atoms with Gasteiger partial charge in [0.25, 0.3) is 0 Å². The van der Waals surface area contributed by atoms with Crippen molar-refractivity contribution in [3.05, 3.63) is 34.9 Å². The molecule has 0 aliphatic heterocycles. The molecule has 1 aromatic carbocycles. The van der Waals surface area contributed by atoms with Crippen molar-refractivity contribution in [1.29, 1.82) is 0 Å². The molecule has 0 saturated carbocycles. The van der Waals surface area contributed by atoms with Crippen LogP contribution < -0.4 is 0 Å². The summed E-state index contributed by atoms with van der Waals surface area (Å²) in [4.78, 5) is 10.7. The Kier molecular flexibility index (Phi) is 2.71. The predicted octanol–water partition coefficient (Wildman–Crippen LogP) is 2.49. The van der Waals surface area contributed by atoms with Crippen LogP contribution >= 0.6 is 0 Å². The molecular weight excluding hydrogens is 164 g/mol. The van der Waals surface area contributed by atoms with Gasteiger partial charge in [-0.15, -0.1) is 0 Å². The second-order valence-electron chi connectivity index (χ2n) is 3.40. The zero-order chi connectivity index (χ0) is 10.0. The molecule has 0 amide bonds. The highest BCUT2D eigenvalue weighted by atomic mass is 16.4. The molecule has 70 valence electrons. The van der Waals surface area contributed by atoms with Crippen LogP contribution in [-0.4, -0.2) is 11.1 Å². The fraction of sp³-hybridized carbons (Fsp3) is 0.364. The highest BCUT2D eigenvalue weighted by Gasteiger charge is 2.13. The number of aliphatic carboxylic acids is 1. The fourth-order valence-electron chi connectivity index (χ4n) is 1.18. The van der Waals surface area contributed by atoms with Crippen molar-refractivity contribution in [2.45, 2.75) is 26.7 Å². The van der Waals surface area contributed by atoms with Crippen molar-refractivity contribution in [2.24, 2.45) is 0 Å². The van der Waals surface area contributed by atoms with E-state index in [0.29, 0.717) is 0 Å². The summed E-state index contributed by atoms with van der Waals surface area (Å²) < 4.78 is 0. The van der Waals surface area contributed by atoms with Crippen molar-refractivity contribution >= 4 is 5.97 Å². The molecule has 1 N–H and O–H groups in total. The molecule has 0 spiro atoms. The van der Waals surface area contributed by atoms with Gasteiger partial charge in [-0.3, -0.25) is 4.79 Å². The van der Waals surface area contributed by atoms with Crippen molar-refractivity contribution < 1.29 is 9.90 Å². The van der Waals surface area contributed by atoms with Crippen molar-refractivity contribution in [3.8, 4) is 0 Å².